The molecular weight excluding hydrogens is 478 g/mol. The number of nitrogens with zero attached hydrogens (tertiary/aromatic N) is 3. The number of hydrogen-bond acceptors (Lipinski definition) is 8. The van der Waals surface area contributed by atoms with Crippen molar-refractivity contribution in [1.82, 2.24) is 14.7 Å². The maximum atomic E-state index is 13.2. The van der Waals surface area contributed by atoms with Gasteiger partial charge in [-0.3, -0.25) is 19.5 Å². The van der Waals surface area contributed by atoms with Crippen LogP contribution >= 0.6 is 11.8 Å². The molecule has 0 atom stereocenters. The first-order valence-corrected chi connectivity index (χ1v) is 12.7. The summed E-state index contributed by atoms with van der Waals surface area (Å²) >= 11 is 1.13. The lowest BCUT2D eigenvalue weighted by Crippen LogP contribution is -2.25. The van der Waals surface area contributed by atoms with E-state index in [-0.39, 0.29) is 34.5 Å². The molecule has 0 saturated carbocycles. The molecule has 0 aliphatic carbocycles. The van der Waals surface area contributed by atoms with Crippen LogP contribution in [0, 0.1) is 6.92 Å². The van der Waals surface area contributed by atoms with Gasteiger partial charge < -0.3 is 4.52 Å². The molecule has 12 heteroatoms. The Kier molecular flexibility index (Phi) is 6.82. The van der Waals surface area contributed by atoms with Crippen molar-refractivity contribution >= 4 is 44.5 Å². The number of para-hydroxylation sites is 1. The number of hydrogen-bond donors (Lipinski definition) is 2. The van der Waals surface area contributed by atoms with Gasteiger partial charge in [-0.05, 0) is 43.2 Å². The molecule has 2 heterocycles. The number of nitrogens with one attached hydrogen (secondary N) is 1. The van der Waals surface area contributed by atoms with Gasteiger partial charge in [-0.2, -0.15) is 0 Å². The van der Waals surface area contributed by atoms with E-state index in [9.17, 15) is 18.0 Å². The van der Waals surface area contributed by atoms with E-state index < -0.39 is 10.0 Å². The van der Waals surface area contributed by atoms with Crippen molar-refractivity contribution in [3.05, 3.63) is 76.2 Å². The van der Waals surface area contributed by atoms with Gasteiger partial charge in [0, 0.05) is 12.6 Å². The van der Waals surface area contributed by atoms with Gasteiger partial charge in [-0.15, -0.1) is 0 Å². The van der Waals surface area contributed by atoms with Gasteiger partial charge >= 0.3 is 0 Å². The number of carbonyl (C=O) groups is 1. The highest BCUT2D eigenvalue weighted by molar-refractivity contribution is 7.99. The van der Waals surface area contributed by atoms with E-state index in [1.54, 1.807) is 49.4 Å². The topological polar surface area (TPSA) is 150 Å². The van der Waals surface area contributed by atoms with Crippen LogP contribution in [0.25, 0.3) is 10.9 Å². The number of aromatic nitrogens is 3. The molecule has 3 N–H and O–H groups in total. The van der Waals surface area contributed by atoms with E-state index in [4.69, 9.17) is 9.66 Å². The molecule has 4 aromatic rings. The van der Waals surface area contributed by atoms with Gasteiger partial charge in [0.15, 0.2) is 5.16 Å². The number of thioether (sulfide) groups is 1. The number of aryl methyl sites for hydroxylation is 2. The average molecular weight is 500 g/mol. The Balaban J connectivity index is 1.55. The summed E-state index contributed by atoms with van der Waals surface area (Å²) in [6.45, 7) is 2.03. The van der Waals surface area contributed by atoms with E-state index in [0.717, 1.165) is 17.3 Å². The number of primary sulfonamides is 1. The van der Waals surface area contributed by atoms with Crippen molar-refractivity contribution in [2.75, 3.05) is 11.1 Å². The molecule has 2 aromatic heterocycles. The number of rotatable bonds is 8. The summed E-state index contributed by atoms with van der Waals surface area (Å²) < 4.78 is 29.4. The van der Waals surface area contributed by atoms with E-state index >= 15 is 0 Å². The van der Waals surface area contributed by atoms with Crippen LogP contribution in [-0.2, 0) is 27.8 Å². The number of fused-ring (bicyclic) bond motifs is 1. The standard InChI is InChI=1S/C22H21N5O5S2/c1-14-12-20(32-26-14)25-19(28)13-33-22-24-18-5-3-2-4-17(18)21(29)27(22)11-10-15-6-8-16(9-7-15)34(23,30)31/h2-9,12H,10-11,13H2,1H3,(H,25,28)(H2,23,30,31). The summed E-state index contributed by atoms with van der Waals surface area (Å²) in [5, 5.41) is 12.4. The number of anilines is 1. The maximum Gasteiger partial charge on any atom is 0.262 e. The Hall–Kier alpha value is -3.48. The summed E-state index contributed by atoms with van der Waals surface area (Å²) in [4.78, 5) is 30.1. The minimum atomic E-state index is -3.78. The number of amides is 1. The predicted molar refractivity (Wildman–Crippen MR) is 128 cm³/mol. The maximum absolute atomic E-state index is 13.2. The quantitative estimate of drug-likeness (QED) is 0.277. The SMILES string of the molecule is Cc1cc(NC(=O)CSc2nc3ccccc3c(=O)n2CCc2ccc(S(N)(=O)=O)cc2)on1. The summed E-state index contributed by atoms with van der Waals surface area (Å²) in [5.41, 5.74) is 1.78. The van der Waals surface area contributed by atoms with Crippen molar-refractivity contribution in [2.45, 2.75) is 29.9 Å². The van der Waals surface area contributed by atoms with E-state index in [1.165, 1.54) is 16.7 Å². The Morgan fingerprint density at radius 3 is 2.59 bits per heavy atom. The molecule has 0 radical (unpaired) electrons. The highest BCUT2D eigenvalue weighted by atomic mass is 32.2. The van der Waals surface area contributed by atoms with Gasteiger partial charge in [-0.25, -0.2) is 18.5 Å². The summed E-state index contributed by atoms with van der Waals surface area (Å²) in [6.07, 6.45) is 0.446. The molecule has 2 aromatic carbocycles. The number of benzene rings is 2. The summed E-state index contributed by atoms with van der Waals surface area (Å²) in [5.74, 6) is -0.0725. The molecule has 1 amide bonds. The second-order valence-electron chi connectivity index (χ2n) is 7.48. The van der Waals surface area contributed by atoms with Gasteiger partial charge in [0.1, 0.15) is 0 Å². The van der Waals surface area contributed by atoms with Gasteiger partial charge in [0.05, 0.1) is 27.2 Å². The fraction of sp³-hybridized carbons (Fsp3) is 0.182. The van der Waals surface area contributed by atoms with E-state index in [2.05, 4.69) is 15.5 Å². The fourth-order valence-electron chi connectivity index (χ4n) is 3.27. The van der Waals surface area contributed by atoms with Crippen LogP contribution in [0.5, 0.6) is 0 Å². The van der Waals surface area contributed by atoms with Gasteiger partial charge in [0.2, 0.25) is 21.8 Å². The van der Waals surface area contributed by atoms with Crippen LogP contribution in [0.3, 0.4) is 0 Å². The number of sulfonamides is 1. The van der Waals surface area contributed by atoms with Crippen LogP contribution in [-0.4, -0.2) is 34.8 Å². The molecule has 0 fully saturated rings. The molecule has 0 aliphatic heterocycles. The van der Waals surface area contributed by atoms with Crippen molar-refractivity contribution in [3.63, 3.8) is 0 Å². The van der Waals surface area contributed by atoms with Crippen molar-refractivity contribution in [2.24, 2.45) is 5.14 Å². The lowest BCUT2D eigenvalue weighted by atomic mass is 10.1. The van der Waals surface area contributed by atoms with Gasteiger partial charge in [-0.1, -0.05) is 41.2 Å². The monoisotopic (exact) mass is 499 g/mol. The minimum Gasteiger partial charge on any atom is -0.338 e. The zero-order valence-electron chi connectivity index (χ0n) is 18.1. The lowest BCUT2D eigenvalue weighted by Gasteiger charge is -2.13. The van der Waals surface area contributed by atoms with Crippen molar-refractivity contribution in [3.8, 4) is 0 Å². The first-order chi connectivity index (χ1) is 16.2. The molecule has 0 bridgehead atoms. The van der Waals surface area contributed by atoms with Crippen LogP contribution in [0.15, 0.2) is 74.0 Å². The normalized spacial score (nSPS) is 11.6. The van der Waals surface area contributed by atoms with E-state index in [1.807, 2.05) is 0 Å². The summed E-state index contributed by atoms with van der Waals surface area (Å²) in [6, 6.07) is 14.8. The highest BCUT2D eigenvalue weighted by Crippen LogP contribution is 2.19. The molecule has 176 valence electrons. The predicted octanol–water partition coefficient (Wildman–Crippen LogP) is 2.31. The van der Waals surface area contributed by atoms with Crippen LogP contribution < -0.4 is 16.0 Å². The van der Waals surface area contributed by atoms with Crippen LogP contribution in [0.4, 0.5) is 5.88 Å². The Morgan fingerprint density at radius 2 is 1.91 bits per heavy atom. The van der Waals surface area contributed by atoms with Crippen molar-refractivity contribution < 1.29 is 17.7 Å². The first-order valence-electron chi connectivity index (χ1n) is 10.2. The molecule has 0 saturated heterocycles. The minimum absolute atomic E-state index is 0.00752. The Morgan fingerprint density at radius 1 is 1.18 bits per heavy atom. The average Bonchev–Trinajstić information content (AvgIpc) is 3.21. The Bertz CT molecular complexity index is 1510. The first kappa shape index (κ1) is 23.7. The highest BCUT2D eigenvalue weighted by Gasteiger charge is 2.15. The molecule has 4 rings (SSSR count). The lowest BCUT2D eigenvalue weighted by molar-refractivity contribution is -0.113. The molecule has 34 heavy (non-hydrogen) atoms. The largest absolute Gasteiger partial charge is 0.338 e. The second-order valence-corrected chi connectivity index (χ2v) is 9.98. The summed E-state index contributed by atoms with van der Waals surface area (Å²) in [7, 11) is -3.78. The third-order valence-corrected chi connectivity index (χ3v) is 6.83. The molecule has 10 nitrogen and oxygen atoms in total. The zero-order valence-corrected chi connectivity index (χ0v) is 19.7. The van der Waals surface area contributed by atoms with Crippen molar-refractivity contribution in [1.29, 1.82) is 0 Å². The third kappa shape index (κ3) is 5.53. The molecule has 0 unspecified atom stereocenters. The molecule has 0 spiro atoms. The smallest absolute Gasteiger partial charge is 0.262 e. The number of carbonyl (C=O) groups excluding carboxylic acids is 1. The second kappa shape index (κ2) is 9.79. The molecule has 0 aliphatic rings. The number of nitrogens with two attached hydrogens (primary N) is 1. The van der Waals surface area contributed by atoms with Crippen LogP contribution in [0.1, 0.15) is 11.3 Å². The third-order valence-electron chi connectivity index (χ3n) is 4.93. The molecular formula is C22H21N5O5S2. The Labute approximate surface area is 199 Å². The van der Waals surface area contributed by atoms with Gasteiger partial charge in [0.25, 0.3) is 5.56 Å². The van der Waals surface area contributed by atoms with Crippen LogP contribution in [0.2, 0.25) is 0 Å². The fourth-order valence-corrected chi connectivity index (χ4v) is 4.61. The zero-order chi connectivity index (χ0) is 24.3. The van der Waals surface area contributed by atoms with E-state index in [0.29, 0.717) is 28.2 Å².